The molecule has 0 aromatic heterocycles. The number of rotatable bonds is 4. The van der Waals surface area contributed by atoms with Crippen molar-refractivity contribution < 1.29 is 4.74 Å². The average Bonchev–Trinajstić information content (AvgIpc) is 3.22. The van der Waals surface area contributed by atoms with Gasteiger partial charge in [0.25, 0.3) is 0 Å². The Hall–Kier alpha value is -0.810. The first-order valence-corrected chi connectivity index (χ1v) is 9.88. The molecule has 24 heavy (non-hydrogen) atoms. The highest BCUT2D eigenvalue weighted by Crippen LogP contribution is 2.45. The smallest absolute Gasteiger partial charge is 0.193 e. The van der Waals surface area contributed by atoms with Crippen molar-refractivity contribution in [3.63, 3.8) is 0 Å². The second-order valence-corrected chi connectivity index (χ2v) is 8.28. The van der Waals surface area contributed by atoms with Crippen molar-refractivity contribution in [2.75, 3.05) is 53.5 Å². The lowest BCUT2D eigenvalue weighted by Crippen LogP contribution is -2.52. The van der Waals surface area contributed by atoms with Gasteiger partial charge < -0.3 is 19.9 Å². The Morgan fingerprint density at radius 1 is 1.12 bits per heavy atom. The second-order valence-electron chi connectivity index (χ2n) is 8.28. The molecule has 138 valence electrons. The first-order chi connectivity index (χ1) is 11.6. The van der Waals surface area contributed by atoms with E-state index >= 15 is 0 Å². The molecule has 0 amide bonds. The molecular formula is C19H36N4O. The summed E-state index contributed by atoms with van der Waals surface area (Å²) in [6, 6.07) is 0. The molecule has 0 aromatic rings. The van der Waals surface area contributed by atoms with Crippen molar-refractivity contribution in [3.05, 3.63) is 0 Å². The molecule has 5 heteroatoms. The van der Waals surface area contributed by atoms with E-state index in [4.69, 9.17) is 9.73 Å². The predicted molar refractivity (Wildman–Crippen MR) is 99.5 cm³/mol. The van der Waals surface area contributed by atoms with E-state index in [1.54, 1.807) is 0 Å². The number of guanidine groups is 1. The van der Waals surface area contributed by atoms with Crippen LogP contribution in [0.5, 0.6) is 0 Å². The quantitative estimate of drug-likeness (QED) is 0.632. The molecule has 0 unspecified atom stereocenters. The summed E-state index contributed by atoms with van der Waals surface area (Å²) in [7, 11) is 4.38. The first kappa shape index (κ1) is 18.0. The number of likely N-dealkylation sites (N-methyl/N-ethyl adjacent to an activating group) is 1. The minimum Gasteiger partial charge on any atom is -0.381 e. The van der Waals surface area contributed by atoms with Gasteiger partial charge in [-0.05, 0) is 58.5 Å². The number of nitrogens with one attached hydrogen (secondary N) is 1. The summed E-state index contributed by atoms with van der Waals surface area (Å²) >= 11 is 0. The highest BCUT2D eigenvalue weighted by atomic mass is 16.5. The van der Waals surface area contributed by atoms with E-state index in [1.165, 1.54) is 45.2 Å². The first-order valence-electron chi connectivity index (χ1n) is 9.88. The molecule has 2 heterocycles. The van der Waals surface area contributed by atoms with Crippen molar-refractivity contribution in [3.8, 4) is 0 Å². The van der Waals surface area contributed by atoms with Gasteiger partial charge in [-0.3, -0.25) is 4.99 Å². The SMILES string of the molecule is CCNC(=NCC1(N(C)C)CCOCC1)N1CCC2(CCCC2)C1. The van der Waals surface area contributed by atoms with Gasteiger partial charge in [0, 0.05) is 38.4 Å². The lowest BCUT2D eigenvalue weighted by Gasteiger charge is -2.42. The lowest BCUT2D eigenvalue weighted by atomic mass is 9.86. The molecule has 1 saturated carbocycles. The zero-order chi connectivity index (χ0) is 17.0. The van der Waals surface area contributed by atoms with Gasteiger partial charge in [-0.1, -0.05) is 12.8 Å². The summed E-state index contributed by atoms with van der Waals surface area (Å²) in [4.78, 5) is 9.99. The minimum absolute atomic E-state index is 0.156. The van der Waals surface area contributed by atoms with Crippen LogP contribution in [-0.4, -0.2) is 74.8 Å². The van der Waals surface area contributed by atoms with Gasteiger partial charge >= 0.3 is 0 Å². The number of hydrogen-bond acceptors (Lipinski definition) is 3. The summed E-state index contributed by atoms with van der Waals surface area (Å²) in [5.74, 6) is 1.13. The molecule has 1 N–H and O–H groups in total. The van der Waals surface area contributed by atoms with Gasteiger partial charge in [0.1, 0.15) is 0 Å². The molecule has 0 radical (unpaired) electrons. The Morgan fingerprint density at radius 3 is 2.46 bits per heavy atom. The maximum atomic E-state index is 5.59. The third kappa shape index (κ3) is 3.72. The fourth-order valence-corrected chi connectivity index (χ4v) is 4.79. The largest absolute Gasteiger partial charge is 0.381 e. The molecule has 0 aromatic carbocycles. The predicted octanol–water partition coefficient (Wildman–Crippen LogP) is 2.33. The number of nitrogens with zero attached hydrogens (tertiary/aromatic N) is 3. The van der Waals surface area contributed by atoms with Crippen molar-refractivity contribution >= 4 is 5.96 Å². The maximum absolute atomic E-state index is 5.59. The van der Waals surface area contributed by atoms with Gasteiger partial charge in [0.05, 0.1) is 6.54 Å². The van der Waals surface area contributed by atoms with Crippen LogP contribution >= 0.6 is 0 Å². The normalized spacial score (nSPS) is 26.5. The van der Waals surface area contributed by atoms with Crippen molar-refractivity contribution in [2.24, 2.45) is 10.4 Å². The minimum atomic E-state index is 0.156. The molecule has 0 atom stereocenters. The van der Waals surface area contributed by atoms with E-state index in [2.05, 4.69) is 36.1 Å². The van der Waals surface area contributed by atoms with Crippen LogP contribution < -0.4 is 5.32 Å². The third-order valence-corrected chi connectivity index (χ3v) is 6.63. The molecular weight excluding hydrogens is 300 g/mol. The van der Waals surface area contributed by atoms with Crippen LogP contribution in [0, 0.1) is 5.41 Å². The van der Waals surface area contributed by atoms with Crippen molar-refractivity contribution in [2.45, 2.75) is 57.4 Å². The Balaban J connectivity index is 1.69. The number of likely N-dealkylation sites (tertiary alicyclic amines) is 1. The number of hydrogen-bond donors (Lipinski definition) is 1. The van der Waals surface area contributed by atoms with Crippen LogP contribution in [0.15, 0.2) is 4.99 Å². The van der Waals surface area contributed by atoms with Crippen LogP contribution in [0.1, 0.15) is 51.9 Å². The Kier molecular flexibility index (Phi) is 5.70. The van der Waals surface area contributed by atoms with Crippen LogP contribution in [0.2, 0.25) is 0 Å². The zero-order valence-corrected chi connectivity index (χ0v) is 15.9. The molecule has 3 aliphatic rings. The summed E-state index contributed by atoms with van der Waals surface area (Å²) < 4.78 is 5.59. The average molecular weight is 337 g/mol. The standard InChI is InChI=1S/C19H36N4O/c1-4-20-17(23-12-9-18(16-23)7-5-6-8-18)21-15-19(22(2)3)10-13-24-14-11-19/h4-16H2,1-3H3,(H,20,21). The summed E-state index contributed by atoms with van der Waals surface area (Å²) in [6.07, 6.45) is 9.18. The second kappa shape index (κ2) is 7.61. The van der Waals surface area contributed by atoms with E-state index in [1.807, 2.05) is 0 Å². The Bertz CT molecular complexity index is 437. The molecule has 2 aliphatic heterocycles. The van der Waals surface area contributed by atoms with Crippen molar-refractivity contribution in [1.29, 1.82) is 0 Å². The van der Waals surface area contributed by atoms with E-state index in [-0.39, 0.29) is 5.54 Å². The summed E-state index contributed by atoms with van der Waals surface area (Å²) in [5, 5.41) is 3.55. The van der Waals surface area contributed by atoms with Crippen LogP contribution in [-0.2, 0) is 4.74 Å². The fourth-order valence-electron chi connectivity index (χ4n) is 4.79. The lowest BCUT2D eigenvalue weighted by molar-refractivity contribution is -0.00263. The molecule has 5 nitrogen and oxygen atoms in total. The van der Waals surface area contributed by atoms with Crippen LogP contribution in [0.3, 0.4) is 0 Å². The Labute approximate surface area is 147 Å². The van der Waals surface area contributed by atoms with Gasteiger partial charge in [0.2, 0.25) is 0 Å². The van der Waals surface area contributed by atoms with Crippen molar-refractivity contribution in [1.82, 2.24) is 15.1 Å². The van der Waals surface area contributed by atoms with Crippen LogP contribution in [0.4, 0.5) is 0 Å². The maximum Gasteiger partial charge on any atom is 0.193 e. The molecule has 2 saturated heterocycles. The molecule has 3 rings (SSSR count). The number of ether oxygens (including phenoxy) is 1. The van der Waals surface area contributed by atoms with Gasteiger partial charge in [-0.15, -0.1) is 0 Å². The third-order valence-electron chi connectivity index (χ3n) is 6.63. The highest BCUT2D eigenvalue weighted by Gasteiger charge is 2.41. The van der Waals surface area contributed by atoms with E-state index < -0.39 is 0 Å². The molecule has 1 aliphatic carbocycles. The van der Waals surface area contributed by atoms with Gasteiger partial charge in [0.15, 0.2) is 5.96 Å². The van der Waals surface area contributed by atoms with Crippen LogP contribution in [0.25, 0.3) is 0 Å². The van der Waals surface area contributed by atoms with E-state index in [0.717, 1.165) is 45.1 Å². The highest BCUT2D eigenvalue weighted by molar-refractivity contribution is 5.80. The summed E-state index contributed by atoms with van der Waals surface area (Å²) in [6.45, 7) is 8.08. The van der Waals surface area contributed by atoms with E-state index in [0.29, 0.717) is 5.41 Å². The summed E-state index contributed by atoms with van der Waals surface area (Å²) in [5.41, 5.74) is 0.748. The van der Waals surface area contributed by atoms with Gasteiger partial charge in [-0.2, -0.15) is 0 Å². The molecule has 3 fully saturated rings. The topological polar surface area (TPSA) is 40.1 Å². The zero-order valence-electron chi connectivity index (χ0n) is 15.9. The molecule has 0 bridgehead atoms. The fraction of sp³-hybridized carbons (Fsp3) is 0.947. The monoisotopic (exact) mass is 336 g/mol. The molecule has 1 spiro atoms. The van der Waals surface area contributed by atoms with Gasteiger partial charge in [-0.25, -0.2) is 0 Å². The van der Waals surface area contributed by atoms with E-state index in [9.17, 15) is 0 Å². The Morgan fingerprint density at radius 2 is 1.83 bits per heavy atom. The number of aliphatic imine (C=N–C) groups is 1.